The first-order valence-corrected chi connectivity index (χ1v) is 4.05. The van der Waals surface area contributed by atoms with Crippen molar-refractivity contribution in [2.45, 2.75) is 31.9 Å². The van der Waals surface area contributed by atoms with Gasteiger partial charge in [0.2, 0.25) is 0 Å². The normalized spacial score (nSPS) is 9.88. The molecule has 0 aromatic heterocycles. The lowest BCUT2D eigenvalue weighted by atomic mass is 10.3. The fourth-order valence-corrected chi connectivity index (χ4v) is 1.27. The van der Waals surface area contributed by atoms with E-state index in [1.54, 1.807) is 0 Å². The molecule has 0 amide bonds. The predicted molar refractivity (Wildman–Crippen MR) is 42.2 cm³/mol. The molecule has 0 bridgehead atoms. The number of hydrogen-bond acceptors (Lipinski definition) is 1. The fourth-order valence-electron chi connectivity index (χ4n) is 0.617. The summed E-state index contributed by atoms with van der Waals surface area (Å²) in [6, 6.07) is 0. The Morgan fingerprint density at radius 1 is 1.50 bits per heavy atom. The first kappa shape index (κ1) is 8.09. The van der Waals surface area contributed by atoms with Gasteiger partial charge in [0.15, 0.2) is 0 Å². The molecule has 0 aliphatic rings. The van der Waals surface area contributed by atoms with Crippen LogP contribution in [0.1, 0.15) is 26.7 Å². The molecule has 0 aliphatic carbocycles. The van der Waals surface area contributed by atoms with Gasteiger partial charge in [-0.2, -0.15) is 0 Å². The van der Waals surface area contributed by atoms with E-state index < -0.39 is 0 Å². The SMILES string of the molecule is C=CSC(CC)CC. The van der Waals surface area contributed by atoms with Gasteiger partial charge in [-0.15, -0.1) is 11.8 Å². The number of hydrogen-bond donors (Lipinski definition) is 0. The third-order valence-electron chi connectivity index (χ3n) is 1.20. The van der Waals surface area contributed by atoms with Crippen LogP contribution in [-0.4, -0.2) is 5.25 Å². The Labute approximate surface area is 56.4 Å². The van der Waals surface area contributed by atoms with Crippen molar-refractivity contribution < 1.29 is 0 Å². The summed E-state index contributed by atoms with van der Waals surface area (Å²) in [5.41, 5.74) is 0. The van der Waals surface area contributed by atoms with Gasteiger partial charge >= 0.3 is 0 Å². The average molecular weight is 130 g/mol. The smallest absolute Gasteiger partial charge is 0.00830 e. The number of thioether (sulfide) groups is 1. The highest BCUT2D eigenvalue weighted by molar-refractivity contribution is 8.02. The quantitative estimate of drug-likeness (QED) is 0.563. The molecule has 0 heterocycles. The molecule has 1 heteroatoms. The second-order valence-corrected chi connectivity index (χ2v) is 3.01. The Bertz CT molecular complexity index is 55.4. The summed E-state index contributed by atoms with van der Waals surface area (Å²) in [5.74, 6) is 0. The molecule has 0 N–H and O–H groups in total. The van der Waals surface area contributed by atoms with E-state index in [0.717, 1.165) is 5.25 Å². The Morgan fingerprint density at radius 3 is 2.12 bits per heavy atom. The van der Waals surface area contributed by atoms with E-state index >= 15 is 0 Å². The van der Waals surface area contributed by atoms with E-state index in [4.69, 9.17) is 0 Å². The lowest BCUT2D eigenvalue weighted by molar-refractivity contribution is 0.795. The lowest BCUT2D eigenvalue weighted by Crippen LogP contribution is -1.94. The van der Waals surface area contributed by atoms with Crippen molar-refractivity contribution in [3.05, 3.63) is 12.0 Å². The Morgan fingerprint density at radius 2 is 2.00 bits per heavy atom. The van der Waals surface area contributed by atoms with Crippen LogP contribution >= 0.6 is 11.8 Å². The molecule has 0 saturated carbocycles. The monoisotopic (exact) mass is 130 g/mol. The van der Waals surface area contributed by atoms with Crippen molar-refractivity contribution in [1.82, 2.24) is 0 Å². The molecule has 0 aromatic carbocycles. The van der Waals surface area contributed by atoms with Gasteiger partial charge < -0.3 is 0 Å². The molecule has 8 heavy (non-hydrogen) atoms. The van der Waals surface area contributed by atoms with Crippen LogP contribution in [0.4, 0.5) is 0 Å². The zero-order valence-corrected chi connectivity index (χ0v) is 6.50. The fraction of sp³-hybridized carbons (Fsp3) is 0.714. The van der Waals surface area contributed by atoms with Gasteiger partial charge in [0.25, 0.3) is 0 Å². The highest BCUT2D eigenvalue weighted by Gasteiger charge is 1.97. The van der Waals surface area contributed by atoms with Crippen molar-refractivity contribution in [2.75, 3.05) is 0 Å². The maximum absolute atomic E-state index is 3.66. The molecular weight excluding hydrogens is 116 g/mol. The minimum atomic E-state index is 0.799. The summed E-state index contributed by atoms with van der Waals surface area (Å²) in [4.78, 5) is 0. The summed E-state index contributed by atoms with van der Waals surface area (Å²) < 4.78 is 0. The van der Waals surface area contributed by atoms with E-state index in [0.29, 0.717) is 0 Å². The molecule has 48 valence electrons. The van der Waals surface area contributed by atoms with E-state index in [9.17, 15) is 0 Å². The Kier molecular flexibility index (Phi) is 5.29. The molecule has 0 aliphatic heterocycles. The maximum Gasteiger partial charge on any atom is 0.00830 e. The predicted octanol–water partition coefficient (Wildman–Crippen LogP) is 3.05. The molecule has 0 atom stereocenters. The molecule has 0 unspecified atom stereocenters. The minimum absolute atomic E-state index is 0.799. The Balaban J connectivity index is 3.20. The second kappa shape index (κ2) is 5.23. The Hall–Kier alpha value is 0.0900. The first-order chi connectivity index (χ1) is 3.85. The van der Waals surface area contributed by atoms with Crippen molar-refractivity contribution in [1.29, 1.82) is 0 Å². The van der Waals surface area contributed by atoms with Gasteiger partial charge in [0.1, 0.15) is 0 Å². The van der Waals surface area contributed by atoms with Gasteiger partial charge in [-0.05, 0) is 18.2 Å². The lowest BCUT2D eigenvalue weighted by Gasteiger charge is -2.05. The van der Waals surface area contributed by atoms with Crippen LogP contribution in [-0.2, 0) is 0 Å². The highest BCUT2D eigenvalue weighted by atomic mass is 32.2. The van der Waals surface area contributed by atoms with Crippen molar-refractivity contribution >= 4 is 11.8 Å². The third kappa shape index (κ3) is 3.14. The van der Waals surface area contributed by atoms with Gasteiger partial charge in [0, 0.05) is 5.25 Å². The van der Waals surface area contributed by atoms with Crippen LogP contribution in [0, 0.1) is 0 Å². The zero-order valence-electron chi connectivity index (χ0n) is 5.68. The van der Waals surface area contributed by atoms with Gasteiger partial charge in [0.05, 0.1) is 0 Å². The van der Waals surface area contributed by atoms with Gasteiger partial charge in [-0.3, -0.25) is 0 Å². The summed E-state index contributed by atoms with van der Waals surface area (Å²) in [6.45, 7) is 8.09. The molecule has 0 nitrogen and oxygen atoms in total. The summed E-state index contributed by atoms with van der Waals surface area (Å²) in [6.07, 6.45) is 2.51. The number of rotatable bonds is 4. The molecule has 0 rings (SSSR count). The molecule has 0 spiro atoms. The summed E-state index contributed by atoms with van der Waals surface area (Å²) in [7, 11) is 0. The molecule has 0 fully saturated rings. The zero-order chi connectivity index (χ0) is 6.41. The van der Waals surface area contributed by atoms with Crippen molar-refractivity contribution in [2.24, 2.45) is 0 Å². The molecule has 0 radical (unpaired) electrons. The largest absolute Gasteiger partial charge is 0.131 e. The van der Waals surface area contributed by atoms with E-state index in [-0.39, 0.29) is 0 Å². The van der Waals surface area contributed by atoms with E-state index in [1.807, 2.05) is 17.2 Å². The molecular formula is C7H14S. The van der Waals surface area contributed by atoms with Crippen LogP contribution < -0.4 is 0 Å². The van der Waals surface area contributed by atoms with E-state index in [1.165, 1.54) is 12.8 Å². The molecule has 0 saturated heterocycles. The van der Waals surface area contributed by atoms with Crippen LogP contribution in [0.2, 0.25) is 0 Å². The standard InChI is InChI=1S/C7H14S/c1-4-7(5-2)8-6-3/h6-7H,3-5H2,1-2H3. The third-order valence-corrected chi connectivity index (χ3v) is 2.44. The van der Waals surface area contributed by atoms with E-state index in [2.05, 4.69) is 20.4 Å². The molecule has 0 aromatic rings. The van der Waals surface area contributed by atoms with Crippen LogP contribution in [0.3, 0.4) is 0 Å². The van der Waals surface area contributed by atoms with Gasteiger partial charge in [-0.1, -0.05) is 20.4 Å². The second-order valence-electron chi connectivity index (χ2n) is 1.74. The highest BCUT2D eigenvalue weighted by Crippen LogP contribution is 2.17. The van der Waals surface area contributed by atoms with Crippen molar-refractivity contribution in [3.63, 3.8) is 0 Å². The first-order valence-electron chi connectivity index (χ1n) is 3.11. The minimum Gasteiger partial charge on any atom is -0.131 e. The average Bonchev–Trinajstić information content (AvgIpc) is 1.83. The summed E-state index contributed by atoms with van der Waals surface area (Å²) >= 11 is 1.84. The van der Waals surface area contributed by atoms with Crippen LogP contribution in [0.25, 0.3) is 0 Å². The van der Waals surface area contributed by atoms with Crippen LogP contribution in [0.15, 0.2) is 12.0 Å². The topological polar surface area (TPSA) is 0 Å². The van der Waals surface area contributed by atoms with Gasteiger partial charge in [-0.25, -0.2) is 0 Å². The summed E-state index contributed by atoms with van der Waals surface area (Å²) in [5, 5.41) is 2.73. The van der Waals surface area contributed by atoms with Crippen molar-refractivity contribution in [3.8, 4) is 0 Å². The maximum atomic E-state index is 3.66. The van der Waals surface area contributed by atoms with Crippen LogP contribution in [0.5, 0.6) is 0 Å².